The number of imide groups is 1. The Labute approximate surface area is 176 Å². The Hall–Kier alpha value is -2.65. The first kappa shape index (κ1) is 21.1. The van der Waals surface area contributed by atoms with Crippen LogP contribution in [-0.4, -0.2) is 41.8 Å². The van der Waals surface area contributed by atoms with E-state index in [-0.39, 0.29) is 23.2 Å². The van der Waals surface area contributed by atoms with Gasteiger partial charge in [0.15, 0.2) is 0 Å². The molecule has 1 aromatic rings. The number of hydrogen-bond donors (Lipinski definition) is 0. The maximum atomic E-state index is 12.5. The predicted molar refractivity (Wildman–Crippen MR) is 120 cm³/mol. The molecule has 1 aromatic carbocycles. The van der Waals surface area contributed by atoms with Crippen LogP contribution in [0.2, 0.25) is 0 Å². The number of thioether (sulfide) groups is 1. The molecular formula is C23H26N2O3S. The number of terminal acetylenes is 1. The number of ether oxygens (including phenoxy) is 1. The van der Waals surface area contributed by atoms with Crippen LogP contribution in [0, 0.1) is 12.3 Å². The summed E-state index contributed by atoms with van der Waals surface area (Å²) in [7, 11) is 1.62. The monoisotopic (exact) mass is 410 g/mol. The first-order valence-corrected chi connectivity index (χ1v) is 10.4. The number of amides is 2. The summed E-state index contributed by atoms with van der Waals surface area (Å²) < 4.78 is 5.65. The fourth-order valence-electron chi connectivity index (χ4n) is 3.91. The van der Waals surface area contributed by atoms with Crippen LogP contribution in [0.3, 0.4) is 0 Å². The first-order valence-electron chi connectivity index (χ1n) is 9.61. The Kier molecular flexibility index (Phi) is 5.81. The van der Waals surface area contributed by atoms with Crippen molar-refractivity contribution in [2.24, 2.45) is 0 Å². The number of fused-ring (bicyclic) bond motifs is 1. The molecule has 2 heterocycles. The van der Waals surface area contributed by atoms with Crippen LogP contribution in [0.1, 0.15) is 45.2 Å². The number of anilines is 1. The molecule has 0 bridgehead atoms. The minimum atomic E-state index is -0.362. The molecule has 0 spiro atoms. The van der Waals surface area contributed by atoms with Crippen molar-refractivity contribution >= 4 is 40.2 Å². The van der Waals surface area contributed by atoms with Crippen molar-refractivity contribution in [3.63, 3.8) is 0 Å². The van der Waals surface area contributed by atoms with Crippen LogP contribution in [0.5, 0.6) is 5.75 Å². The summed E-state index contributed by atoms with van der Waals surface area (Å²) >= 11 is 0.905. The Morgan fingerprint density at radius 2 is 2.03 bits per heavy atom. The van der Waals surface area contributed by atoms with Gasteiger partial charge in [-0.05, 0) is 56.7 Å². The zero-order valence-corrected chi connectivity index (χ0v) is 18.4. The van der Waals surface area contributed by atoms with Crippen molar-refractivity contribution in [1.82, 2.24) is 4.90 Å². The number of benzene rings is 1. The molecule has 2 aliphatic heterocycles. The second-order valence-electron chi connectivity index (χ2n) is 7.72. The van der Waals surface area contributed by atoms with E-state index in [1.165, 1.54) is 5.57 Å². The third-order valence-corrected chi connectivity index (χ3v) is 6.09. The largest absolute Gasteiger partial charge is 0.496 e. The molecule has 0 saturated carbocycles. The molecular weight excluding hydrogens is 384 g/mol. The van der Waals surface area contributed by atoms with Crippen LogP contribution in [0.4, 0.5) is 10.5 Å². The SMILES string of the molecule is C#CCN1C(=O)S/C(=C/c2cc3c(cc2OC)N(CCC)C(C)(C)C=C3C)C1=O. The zero-order valence-electron chi connectivity index (χ0n) is 17.5. The highest BCUT2D eigenvalue weighted by Gasteiger charge is 2.35. The van der Waals surface area contributed by atoms with Gasteiger partial charge in [0.1, 0.15) is 5.75 Å². The van der Waals surface area contributed by atoms with Crippen molar-refractivity contribution in [3.8, 4) is 18.1 Å². The summed E-state index contributed by atoms with van der Waals surface area (Å²) in [4.78, 5) is 28.4. The summed E-state index contributed by atoms with van der Waals surface area (Å²) in [6.45, 7) is 9.58. The molecule has 0 N–H and O–H groups in total. The number of carbonyl (C=O) groups excluding carboxylic acids is 2. The first-order chi connectivity index (χ1) is 13.7. The smallest absolute Gasteiger partial charge is 0.294 e. The van der Waals surface area contributed by atoms with Crippen LogP contribution in [0.25, 0.3) is 11.6 Å². The lowest BCUT2D eigenvalue weighted by atomic mass is 9.87. The number of methoxy groups -OCH3 is 1. The Balaban J connectivity index is 2.10. The van der Waals surface area contributed by atoms with E-state index < -0.39 is 0 Å². The highest BCUT2D eigenvalue weighted by Crippen LogP contribution is 2.43. The Bertz CT molecular complexity index is 969. The molecule has 0 radical (unpaired) electrons. The maximum Gasteiger partial charge on any atom is 0.294 e. The minimum absolute atomic E-state index is 0.0216. The molecule has 1 saturated heterocycles. The molecule has 0 unspecified atom stereocenters. The summed E-state index contributed by atoms with van der Waals surface area (Å²) in [5.41, 5.74) is 4.06. The van der Waals surface area contributed by atoms with Crippen molar-refractivity contribution in [3.05, 3.63) is 34.2 Å². The van der Waals surface area contributed by atoms with Gasteiger partial charge in [-0.25, -0.2) is 0 Å². The van der Waals surface area contributed by atoms with Gasteiger partial charge in [-0.15, -0.1) is 6.42 Å². The Morgan fingerprint density at radius 3 is 2.66 bits per heavy atom. The van der Waals surface area contributed by atoms with E-state index in [4.69, 9.17) is 11.2 Å². The lowest BCUT2D eigenvalue weighted by Crippen LogP contribution is -2.45. The second-order valence-corrected chi connectivity index (χ2v) is 8.71. The normalized spacial score (nSPS) is 19.3. The van der Waals surface area contributed by atoms with Gasteiger partial charge < -0.3 is 9.64 Å². The van der Waals surface area contributed by atoms with Crippen molar-refractivity contribution in [2.45, 2.75) is 39.7 Å². The van der Waals surface area contributed by atoms with E-state index in [1.807, 2.05) is 12.1 Å². The minimum Gasteiger partial charge on any atom is -0.496 e. The van der Waals surface area contributed by atoms with E-state index in [9.17, 15) is 9.59 Å². The van der Waals surface area contributed by atoms with Gasteiger partial charge in [0.2, 0.25) is 0 Å². The van der Waals surface area contributed by atoms with Gasteiger partial charge in [-0.3, -0.25) is 14.5 Å². The lowest BCUT2D eigenvalue weighted by molar-refractivity contribution is -0.122. The molecule has 152 valence electrons. The number of nitrogens with zero attached hydrogens (tertiary/aromatic N) is 2. The van der Waals surface area contributed by atoms with Crippen molar-refractivity contribution < 1.29 is 14.3 Å². The number of hydrogen-bond acceptors (Lipinski definition) is 5. The van der Waals surface area contributed by atoms with E-state index in [0.717, 1.165) is 46.4 Å². The van der Waals surface area contributed by atoms with E-state index >= 15 is 0 Å². The van der Waals surface area contributed by atoms with Crippen LogP contribution in [-0.2, 0) is 4.79 Å². The molecule has 1 fully saturated rings. The predicted octanol–water partition coefficient (Wildman–Crippen LogP) is 4.78. The van der Waals surface area contributed by atoms with Crippen molar-refractivity contribution in [1.29, 1.82) is 0 Å². The topological polar surface area (TPSA) is 49.9 Å². The van der Waals surface area contributed by atoms with Gasteiger partial charge >= 0.3 is 0 Å². The average molecular weight is 411 g/mol. The van der Waals surface area contributed by atoms with E-state index in [2.05, 4.69) is 44.6 Å². The van der Waals surface area contributed by atoms with E-state index in [0.29, 0.717) is 10.7 Å². The number of rotatable bonds is 5. The lowest BCUT2D eigenvalue weighted by Gasteiger charge is -2.43. The molecule has 0 atom stereocenters. The van der Waals surface area contributed by atoms with Crippen LogP contribution >= 0.6 is 11.8 Å². The Morgan fingerprint density at radius 1 is 1.31 bits per heavy atom. The quantitative estimate of drug-likeness (QED) is 0.517. The molecule has 6 heteroatoms. The molecule has 5 nitrogen and oxygen atoms in total. The van der Waals surface area contributed by atoms with Crippen LogP contribution in [0.15, 0.2) is 23.1 Å². The molecule has 2 amide bonds. The zero-order chi connectivity index (χ0) is 21.3. The average Bonchev–Trinajstić information content (AvgIpc) is 2.92. The summed E-state index contributed by atoms with van der Waals surface area (Å²) in [5, 5.41) is -0.344. The van der Waals surface area contributed by atoms with Gasteiger partial charge in [0, 0.05) is 29.4 Å². The third kappa shape index (κ3) is 3.79. The summed E-state index contributed by atoms with van der Waals surface area (Å²) in [6.07, 6.45) is 10.3. The summed E-state index contributed by atoms with van der Waals surface area (Å²) in [6, 6.07) is 4.06. The second kappa shape index (κ2) is 8.00. The van der Waals surface area contributed by atoms with Gasteiger partial charge in [0.25, 0.3) is 11.1 Å². The fourth-order valence-corrected chi connectivity index (χ4v) is 4.74. The molecule has 0 aliphatic carbocycles. The maximum absolute atomic E-state index is 12.5. The standard InChI is InChI=1S/C23H26N2O3S/c1-7-9-24-21(26)20(29-22(24)27)12-16-11-17-15(3)14-23(4,5)25(10-8-2)18(17)13-19(16)28-6/h1,11-14H,8-10H2,2-6H3/b20-12+. The van der Waals surface area contributed by atoms with Crippen molar-refractivity contribution in [2.75, 3.05) is 25.1 Å². The van der Waals surface area contributed by atoms with Gasteiger partial charge in [-0.1, -0.05) is 18.9 Å². The van der Waals surface area contributed by atoms with Gasteiger partial charge in [0.05, 0.1) is 24.1 Å². The highest BCUT2D eigenvalue weighted by molar-refractivity contribution is 8.18. The third-order valence-electron chi connectivity index (χ3n) is 5.19. The highest BCUT2D eigenvalue weighted by atomic mass is 32.2. The van der Waals surface area contributed by atoms with Crippen LogP contribution < -0.4 is 9.64 Å². The molecule has 2 aliphatic rings. The number of carbonyl (C=O) groups is 2. The van der Waals surface area contributed by atoms with E-state index in [1.54, 1.807) is 13.2 Å². The van der Waals surface area contributed by atoms with Gasteiger partial charge in [-0.2, -0.15) is 0 Å². The number of allylic oxidation sites excluding steroid dienone is 1. The summed E-state index contributed by atoms with van der Waals surface area (Å²) in [5.74, 6) is 2.66. The molecule has 3 rings (SSSR count). The fraction of sp³-hybridized carbons (Fsp3) is 0.391. The molecule has 0 aromatic heterocycles. The molecule has 29 heavy (non-hydrogen) atoms.